The smallest absolute Gasteiger partial charge is 0.264 e. The maximum absolute atomic E-state index is 11.4. The molecule has 0 bridgehead atoms. The van der Waals surface area contributed by atoms with Crippen molar-refractivity contribution in [2.24, 2.45) is 11.8 Å². The van der Waals surface area contributed by atoms with Crippen LogP contribution in [-0.2, 0) is 14.3 Å². The Balaban J connectivity index is 1.91. The van der Waals surface area contributed by atoms with Crippen LogP contribution in [0.1, 0.15) is 11.5 Å². The lowest BCUT2D eigenvalue weighted by Crippen LogP contribution is -2.48. The standard InChI is InChI=1S/C16H22BrNO5S/c1-18-6-10(8-23-24(3,19)20)14-9-22-16-12(13(14)7-18)4-11(21-2)5-15(16)17/h4-5,10,13-14H,6-9H2,1-3H3/t10-,13+,14-/m1/s1. The predicted octanol–water partition coefficient (Wildman–Crippen LogP) is 2.09. The zero-order chi connectivity index (χ0) is 17.5. The summed E-state index contributed by atoms with van der Waals surface area (Å²) in [5.74, 6) is 2.21. The lowest BCUT2D eigenvalue weighted by Gasteiger charge is -2.45. The van der Waals surface area contributed by atoms with Crippen molar-refractivity contribution in [3.05, 3.63) is 22.2 Å². The number of piperidine rings is 1. The lowest BCUT2D eigenvalue weighted by molar-refractivity contribution is 0.0360. The molecule has 0 N–H and O–H groups in total. The van der Waals surface area contributed by atoms with Crippen LogP contribution in [0, 0.1) is 11.8 Å². The van der Waals surface area contributed by atoms with Crippen LogP contribution < -0.4 is 9.47 Å². The summed E-state index contributed by atoms with van der Waals surface area (Å²) >= 11 is 3.55. The lowest BCUT2D eigenvalue weighted by atomic mass is 9.73. The van der Waals surface area contributed by atoms with Crippen molar-refractivity contribution < 1.29 is 22.1 Å². The Morgan fingerprint density at radius 1 is 1.38 bits per heavy atom. The Hall–Kier alpha value is -0.830. The SMILES string of the molecule is COc1cc(Br)c2c(c1)[C@@H]1CN(C)C[C@H](COS(C)(=O)=O)[C@H]1CO2. The molecule has 0 unspecified atom stereocenters. The zero-order valence-electron chi connectivity index (χ0n) is 14.0. The Morgan fingerprint density at radius 2 is 2.12 bits per heavy atom. The Bertz CT molecular complexity index is 723. The van der Waals surface area contributed by atoms with E-state index in [1.54, 1.807) is 7.11 Å². The minimum atomic E-state index is -3.44. The minimum absolute atomic E-state index is 0.0987. The van der Waals surface area contributed by atoms with Crippen molar-refractivity contribution in [1.29, 1.82) is 0 Å². The number of methoxy groups -OCH3 is 1. The molecule has 3 atom stereocenters. The summed E-state index contributed by atoms with van der Waals surface area (Å²) in [5.41, 5.74) is 1.10. The van der Waals surface area contributed by atoms with Gasteiger partial charge in [-0.05, 0) is 35.1 Å². The van der Waals surface area contributed by atoms with Crippen molar-refractivity contribution in [3.8, 4) is 11.5 Å². The molecule has 2 heterocycles. The molecule has 1 fully saturated rings. The second kappa shape index (κ2) is 6.82. The van der Waals surface area contributed by atoms with Crippen LogP contribution in [0.3, 0.4) is 0 Å². The van der Waals surface area contributed by atoms with Gasteiger partial charge in [0.1, 0.15) is 11.5 Å². The fourth-order valence-corrected chi connectivity index (χ4v) is 4.68. The number of benzene rings is 1. The number of hydrogen-bond acceptors (Lipinski definition) is 6. The van der Waals surface area contributed by atoms with Crippen LogP contribution in [0.2, 0.25) is 0 Å². The van der Waals surface area contributed by atoms with Crippen LogP contribution >= 0.6 is 15.9 Å². The van der Waals surface area contributed by atoms with E-state index < -0.39 is 10.1 Å². The molecular weight excluding hydrogens is 398 g/mol. The molecule has 6 nitrogen and oxygen atoms in total. The second-order valence-electron chi connectivity index (χ2n) is 6.58. The van der Waals surface area contributed by atoms with E-state index in [1.807, 2.05) is 19.2 Å². The Labute approximate surface area is 151 Å². The molecule has 134 valence electrons. The third-order valence-electron chi connectivity index (χ3n) is 4.77. The van der Waals surface area contributed by atoms with Crippen LogP contribution in [0.15, 0.2) is 16.6 Å². The van der Waals surface area contributed by atoms with Crippen molar-refractivity contribution in [2.75, 3.05) is 46.7 Å². The summed E-state index contributed by atoms with van der Waals surface area (Å²) in [4.78, 5) is 2.22. The van der Waals surface area contributed by atoms with Crippen molar-refractivity contribution in [1.82, 2.24) is 4.90 Å². The number of halogens is 1. The van der Waals surface area contributed by atoms with Gasteiger partial charge in [-0.25, -0.2) is 0 Å². The van der Waals surface area contributed by atoms with Gasteiger partial charge < -0.3 is 14.4 Å². The van der Waals surface area contributed by atoms with Gasteiger partial charge in [-0.2, -0.15) is 8.42 Å². The summed E-state index contributed by atoms with van der Waals surface area (Å²) in [7, 11) is 0.250. The van der Waals surface area contributed by atoms with E-state index in [1.165, 1.54) is 0 Å². The van der Waals surface area contributed by atoms with Crippen LogP contribution in [0.25, 0.3) is 0 Å². The molecule has 24 heavy (non-hydrogen) atoms. The largest absolute Gasteiger partial charge is 0.497 e. The highest BCUT2D eigenvalue weighted by molar-refractivity contribution is 9.10. The summed E-state index contributed by atoms with van der Waals surface area (Å²) in [5, 5.41) is 0. The average Bonchev–Trinajstić information content (AvgIpc) is 2.51. The van der Waals surface area contributed by atoms with E-state index in [4.69, 9.17) is 13.7 Å². The maximum atomic E-state index is 11.4. The first-order chi connectivity index (χ1) is 11.3. The van der Waals surface area contributed by atoms with Crippen molar-refractivity contribution in [3.63, 3.8) is 0 Å². The summed E-state index contributed by atoms with van der Waals surface area (Å²) in [6.45, 7) is 2.44. The fraction of sp³-hybridized carbons (Fsp3) is 0.625. The summed E-state index contributed by atoms with van der Waals surface area (Å²) < 4.78 is 40.0. The number of likely N-dealkylation sites (N-methyl/N-ethyl adjacent to an activating group) is 1. The Morgan fingerprint density at radius 3 is 2.79 bits per heavy atom. The number of likely N-dealkylation sites (tertiary alicyclic amines) is 1. The maximum Gasteiger partial charge on any atom is 0.264 e. The van der Waals surface area contributed by atoms with Gasteiger partial charge in [0, 0.05) is 36.4 Å². The summed E-state index contributed by atoms with van der Waals surface area (Å²) in [6.07, 6.45) is 1.09. The van der Waals surface area contributed by atoms with Gasteiger partial charge in [0.05, 0.1) is 31.1 Å². The highest BCUT2D eigenvalue weighted by Crippen LogP contribution is 2.47. The molecule has 1 saturated heterocycles. The number of rotatable bonds is 4. The first-order valence-electron chi connectivity index (χ1n) is 7.81. The molecule has 3 rings (SSSR count). The molecule has 0 amide bonds. The first-order valence-corrected chi connectivity index (χ1v) is 10.4. The molecule has 1 aromatic carbocycles. The third-order valence-corrected chi connectivity index (χ3v) is 5.93. The van der Waals surface area contributed by atoms with Gasteiger partial charge in [-0.15, -0.1) is 0 Å². The molecule has 0 saturated carbocycles. The van der Waals surface area contributed by atoms with E-state index >= 15 is 0 Å². The van der Waals surface area contributed by atoms with E-state index in [2.05, 4.69) is 20.8 Å². The van der Waals surface area contributed by atoms with E-state index in [9.17, 15) is 8.42 Å². The molecular formula is C16H22BrNO5S. The van der Waals surface area contributed by atoms with Crippen LogP contribution in [0.4, 0.5) is 0 Å². The zero-order valence-corrected chi connectivity index (χ0v) is 16.4. The summed E-state index contributed by atoms with van der Waals surface area (Å²) in [6, 6.07) is 3.92. The second-order valence-corrected chi connectivity index (χ2v) is 9.08. The number of nitrogens with zero attached hydrogens (tertiary/aromatic N) is 1. The van der Waals surface area contributed by atoms with E-state index in [-0.39, 0.29) is 24.4 Å². The van der Waals surface area contributed by atoms with Gasteiger partial charge in [0.15, 0.2) is 0 Å². The fourth-order valence-electron chi connectivity index (χ4n) is 3.69. The van der Waals surface area contributed by atoms with Gasteiger partial charge in [0.25, 0.3) is 10.1 Å². The molecule has 0 aromatic heterocycles. The molecule has 2 aliphatic rings. The van der Waals surface area contributed by atoms with Gasteiger partial charge in [0.2, 0.25) is 0 Å². The Kier molecular flexibility index (Phi) is 5.11. The van der Waals surface area contributed by atoms with Crippen molar-refractivity contribution in [2.45, 2.75) is 5.92 Å². The predicted molar refractivity (Wildman–Crippen MR) is 94.2 cm³/mol. The third kappa shape index (κ3) is 3.71. The molecule has 0 radical (unpaired) electrons. The van der Waals surface area contributed by atoms with E-state index in [0.717, 1.165) is 40.9 Å². The number of ether oxygens (including phenoxy) is 2. The normalized spacial score (nSPS) is 27.1. The van der Waals surface area contributed by atoms with Crippen LogP contribution in [0.5, 0.6) is 11.5 Å². The monoisotopic (exact) mass is 419 g/mol. The molecule has 0 spiro atoms. The molecule has 1 aromatic rings. The highest BCUT2D eigenvalue weighted by atomic mass is 79.9. The minimum Gasteiger partial charge on any atom is -0.497 e. The topological polar surface area (TPSA) is 65.1 Å². The molecule has 8 heteroatoms. The first kappa shape index (κ1) is 18.0. The number of fused-ring (bicyclic) bond motifs is 3. The van der Waals surface area contributed by atoms with Crippen molar-refractivity contribution >= 4 is 26.0 Å². The molecule has 2 aliphatic heterocycles. The highest BCUT2D eigenvalue weighted by Gasteiger charge is 2.42. The van der Waals surface area contributed by atoms with Gasteiger partial charge in [-0.3, -0.25) is 4.18 Å². The van der Waals surface area contributed by atoms with Gasteiger partial charge in [-0.1, -0.05) is 0 Å². The quantitative estimate of drug-likeness (QED) is 0.696. The number of hydrogen-bond donors (Lipinski definition) is 0. The van der Waals surface area contributed by atoms with Gasteiger partial charge >= 0.3 is 0 Å². The van der Waals surface area contributed by atoms with Crippen LogP contribution in [-0.4, -0.2) is 60.0 Å². The molecule has 0 aliphatic carbocycles. The average molecular weight is 420 g/mol. The van der Waals surface area contributed by atoms with E-state index in [0.29, 0.717) is 6.61 Å².